The topological polar surface area (TPSA) is 94.7 Å². The Morgan fingerprint density at radius 2 is 1.42 bits per heavy atom. The van der Waals surface area contributed by atoms with E-state index in [1.54, 1.807) is 6.07 Å². The van der Waals surface area contributed by atoms with Gasteiger partial charge in [0.25, 0.3) is 0 Å². The lowest BCUT2D eigenvalue weighted by Crippen LogP contribution is -2.12. The first-order valence-electron chi connectivity index (χ1n) is 7.63. The van der Waals surface area contributed by atoms with Crippen LogP contribution in [0, 0.1) is 0 Å². The Bertz CT molecular complexity index is 937. The molecule has 7 heteroatoms. The predicted molar refractivity (Wildman–Crippen MR) is 92.4 cm³/mol. The Hall–Kier alpha value is -3.61. The van der Waals surface area contributed by atoms with Crippen LogP contribution in [0.15, 0.2) is 48.5 Å². The van der Waals surface area contributed by atoms with Crippen LogP contribution >= 0.6 is 0 Å². The highest BCUT2D eigenvalue weighted by molar-refractivity contribution is 5.98. The summed E-state index contributed by atoms with van der Waals surface area (Å²) >= 11 is 0. The molecule has 0 atom stereocenters. The molecule has 0 unspecified atom stereocenters. The number of benzene rings is 2. The Morgan fingerprint density at radius 1 is 0.808 bits per heavy atom. The number of H-pyrrole nitrogens is 1. The van der Waals surface area contributed by atoms with Crippen LogP contribution in [0.3, 0.4) is 0 Å². The highest BCUT2D eigenvalue weighted by Gasteiger charge is 2.17. The minimum atomic E-state index is -0.668. The second-order valence-electron chi connectivity index (χ2n) is 5.39. The quantitative estimate of drug-likeness (QED) is 0.572. The van der Waals surface area contributed by atoms with Crippen LogP contribution in [-0.2, 0) is 9.47 Å². The van der Waals surface area contributed by atoms with E-state index in [1.807, 2.05) is 24.3 Å². The third-order valence-corrected chi connectivity index (χ3v) is 3.71. The van der Waals surface area contributed by atoms with E-state index < -0.39 is 17.9 Å². The van der Waals surface area contributed by atoms with Crippen molar-refractivity contribution in [1.29, 1.82) is 0 Å². The van der Waals surface area contributed by atoms with Crippen molar-refractivity contribution in [3.63, 3.8) is 0 Å². The number of aromatic amines is 1. The van der Waals surface area contributed by atoms with Crippen LogP contribution in [0.1, 0.15) is 31.2 Å². The number of para-hydroxylation sites is 1. The van der Waals surface area contributed by atoms with E-state index >= 15 is 0 Å². The van der Waals surface area contributed by atoms with Crippen molar-refractivity contribution in [1.82, 2.24) is 4.98 Å². The average molecular weight is 353 g/mol. The van der Waals surface area contributed by atoms with Crippen LogP contribution in [0.5, 0.6) is 5.75 Å². The SMILES string of the molecule is COC(=O)c1cc(OC(=O)c2cc3ccccc3[nH]2)cc(C(=O)OC)c1. The Balaban J connectivity index is 1.93. The van der Waals surface area contributed by atoms with E-state index in [-0.39, 0.29) is 22.6 Å². The second kappa shape index (κ2) is 7.10. The van der Waals surface area contributed by atoms with Gasteiger partial charge in [0.1, 0.15) is 11.4 Å². The fourth-order valence-corrected chi connectivity index (χ4v) is 2.47. The summed E-state index contributed by atoms with van der Waals surface area (Å²) in [5, 5.41) is 0.859. The van der Waals surface area contributed by atoms with Gasteiger partial charge in [-0.1, -0.05) is 18.2 Å². The summed E-state index contributed by atoms with van der Waals surface area (Å²) in [6, 6.07) is 13.0. The number of hydrogen-bond acceptors (Lipinski definition) is 6. The minimum absolute atomic E-state index is 0.0250. The van der Waals surface area contributed by atoms with Gasteiger partial charge in [0.05, 0.1) is 25.3 Å². The maximum Gasteiger partial charge on any atom is 0.360 e. The molecule has 132 valence electrons. The van der Waals surface area contributed by atoms with Crippen molar-refractivity contribution in [2.24, 2.45) is 0 Å². The first-order valence-corrected chi connectivity index (χ1v) is 7.63. The van der Waals surface area contributed by atoms with Crippen LogP contribution in [0.4, 0.5) is 0 Å². The molecule has 3 aromatic rings. The fourth-order valence-electron chi connectivity index (χ4n) is 2.47. The molecule has 0 fully saturated rings. The number of hydrogen-bond donors (Lipinski definition) is 1. The van der Waals surface area contributed by atoms with Crippen LogP contribution in [0.25, 0.3) is 10.9 Å². The van der Waals surface area contributed by atoms with Crippen molar-refractivity contribution in [3.05, 3.63) is 65.4 Å². The van der Waals surface area contributed by atoms with E-state index in [4.69, 9.17) is 4.74 Å². The maximum atomic E-state index is 12.4. The monoisotopic (exact) mass is 353 g/mol. The number of ether oxygens (including phenoxy) is 3. The van der Waals surface area contributed by atoms with Gasteiger partial charge >= 0.3 is 17.9 Å². The Kier molecular flexibility index (Phi) is 4.70. The number of methoxy groups -OCH3 is 2. The third kappa shape index (κ3) is 3.41. The fraction of sp³-hybridized carbons (Fsp3) is 0.105. The zero-order valence-electron chi connectivity index (χ0n) is 14.1. The largest absolute Gasteiger partial charge is 0.465 e. The predicted octanol–water partition coefficient (Wildman–Crippen LogP) is 2.96. The molecule has 1 heterocycles. The normalized spacial score (nSPS) is 10.4. The summed E-state index contributed by atoms with van der Waals surface area (Å²) in [7, 11) is 2.42. The lowest BCUT2D eigenvalue weighted by molar-refractivity contribution is 0.0593. The van der Waals surface area contributed by atoms with Gasteiger partial charge in [0, 0.05) is 10.9 Å². The number of aromatic nitrogens is 1. The standard InChI is InChI=1S/C19H15NO6/c1-24-17(21)12-7-13(18(22)25-2)9-14(8-12)26-19(23)16-10-11-5-3-4-6-15(11)20-16/h3-10,20H,1-2H3. The summed E-state index contributed by atoms with van der Waals surface area (Å²) in [5.41, 5.74) is 1.16. The van der Waals surface area contributed by atoms with Gasteiger partial charge in [-0.2, -0.15) is 0 Å². The molecule has 0 saturated heterocycles. The van der Waals surface area contributed by atoms with Crippen LogP contribution < -0.4 is 4.74 Å². The molecule has 0 aliphatic heterocycles. The van der Waals surface area contributed by atoms with Gasteiger partial charge < -0.3 is 19.2 Å². The highest BCUT2D eigenvalue weighted by atomic mass is 16.5. The van der Waals surface area contributed by atoms with Crippen molar-refractivity contribution in [2.45, 2.75) is 0 Å². The molecule has 7 nitrogen and oxygen atoms in total. The van der Waals surface area contributed by atoms with Crippen molar-refractivity contribution in [2.75, 3.05) is 14.2 Å². The number of rotatable bonds is 4. The average Bonchev–Trinajstić information content (AvgIpc) is 3.10. The van der Waals surface area contributed by atoms with E-state index in [0.717, 1.165) is 10.9 Å². The zero-order chi connectivity index (χ0) is 18.7. The van der Waals surface area contributed by atoms with Gasteiger partial charge in [0.15, 0.2) is 0 Å². The van der Waals surface area contributed by atoms with E-state index in [2.05, 4.69) is 14.5 Å². The van der Waals surface area contributed by atoms with Gasteiger partial charge in [-0.05, 0) is 30.3 Å². The summed E-state index contributed by atoms with van der Waals surface area (Å²) in [5.74, 6) is -1.96. The lowest BCUT2D eigenvalue weighted by Gasteiger charge is -2.08. The van der Waals surface area contributed by atoms with Gasteiger partial charge in [-0.3, -0.25) is 0 Å². The molecular formula is C19H15NO6. The number of carbonyl (C=O) groups is 3. The van der Waals surface area contributed by atoms with E-state index in [0.29, 0.717) is 0 Å². The Labute approximate surface area is 148 Å². The van der Waals surface area contributed by atoms with Gasteiger partial charge in [0.2, 0.25) is 0 Å². The third-order valence-electron chi connectivity index (χ3n) is 3.71. The molecule has 1 aromatic heterocycles. The zero-order valence-corrected chi connectivity index (χ0v) is 14.1. The molecule has 0 aliphatic carbocycles. The number of carbonyl (C=O) groups excluding carboxylic acids is 3. The van der Waals surface area contributed by atoms with E-state index in [1.165, 1.54) is 32.4 Å². The molecule has 3 rings (SSSR count). The molecule has 26 heavy (non-hydrogen) atoms. The number of esters is 3. The van der Waals surface area contributed by atoms with Gasteiger partial charge in [-0.15, -0.1) is 0 Å². The first kappa shape index (κ1) is 17.2. The maximum absolute atomic E-state index is 12.4. The Morgan fingerprint density at radius 3 is 2.00 bits per heavy atom. The molecule has 0 saturated carbocycles. The molecule has 0 spiro atoms. The molecule has 0 amide bonds. The second-order valence-corrected chi connectivity index (χ2v) is 5.39. The molecule has 1 N–H and O–H groups in total. The van der Waals surface area contributed by atoms with Crippen molar-refractivity contribution >= 4 is 28.8 Å². The van der Waals surface area contributed by atoms with E-state index in [9.17, 15) is 14.4 Å². The highest BCUT2D eigenvalue weighted by Crippen LogP contribution is 2.21. The van der Waals surface area contributed by atoms with Crippen molar-refractivity contribution in [3.8, 4) is 5.75 Å². The molecule has 2 aromatic carbocycles. The van der Waals surface area contributed by atoms with Crippen LogP contribution in [0.2, 0.25) is 0 Å². The summed E-state index contributed by atoms with van der Waals surface area (Å²) < 4.78 is 14.6. The smallest absolute Gasteiger partial charge is 0.360 e. The van der Waals surface area contributed by atoms with Crippen molar-refractivity contribution < 1.29 is 28.6 Å². The minimum Gasteiger partial charge on any atom is -0.465 e. The van der Waals surface area contributed by atoms with Crippen LogP contribution in [-0.4, -0.2) is 37.1 Å². The summed E-state index contributed by atoms with van der Waals surface area (Å²) in [6.45, 7) is 0. The molecular weight excluding hydrogens is 338 g/mol. The molecule has 0 radical (unpaired) electrons. The lowest BCUT2D eigenvalue weighted by atomic mass is 10.1. The summed E-state index contributed by atoms with van der Waals surface area (Å²) in [6.07, 6.45) is 0. The number of fused-ring (bicyclic) bond motifs is 1. The number of nitrogens with one attached hydrogen (secondary N) is 1. The molecule has 0 aliphatic rings. The summed E-state index contributed by atoms with van der Waals surface area (Å²) in [4.78, 5) is 38.9. The van der Waals surface area contributed by atoms with Gasteiger partial charge in [-0.25, -0.2) is 14.4 Å². The molecule has 0 bridgehead atoms. The first-order chi connectivity index (χ1) is 12.5.